The normalized spacial score (nSPS) is 12.2. The monoisotopic (exact) mass is 469 g/mol. The van der Waals surface area contributed by atoms with Crippen molar-refractivity contribution in [1.82, 2.24) is 10.2 Å². The number of anilines is 1. The van der Waals surface area contributed by atoms with Gasteiger partial charge in [-0.25, -0.2) is 12.8 Å². The molecule has 1 N–H and O–H groups in total. The van der Waals surface area contributed by atoms with Crippen LogP contribution in [0.2, 0.25) is 5.02 Å². The zero-order valence-electron chi connectivity index (χ0n) is 17.7. The Morgan fingerprint density at radius 2 is 1.87 bits per heavy atom. The van der Waals surface area contributed by atoms with Crippen molar-refractivity contribution < 1.29 is 22.4 Å². The zero-order valence-corrected chi connectivity index (χ0v) is 19.3. The van der Waals surface area contributed by atoms with E-state index in [0.29, 0.717) is 0 Å². The van der Waals surface area contributed by atoms with E-state index < -0.39 is 40.2 Å². The van der Waals surface area contributed by atoms with E-state index in [2.05, 4.69) is 5.32 Å². The first-order valence-corrected chi connectivity index (χ1v) is 11.7. The molecule has 0 saturated heterocycles. The Morgan fingerprint density at radius 3 is 2.42 bits per heavy atom. The molecule has 2 rings (SSSR count). The number of aryl methyl sites for hydroxylation is 1. The van der Waals surface area contributed by atoms with E-state index in [4.69, 9.17) is 11.6 Å². The quantitative estimate of drug-likeness (QED) is 0.644. The summed E-state index contributed by atoms with van der Waals surface area (Å²) in [6.07, 6.45) is 0.935. The second-order valence-corrected chi connectivity index (χ2v) is 9.48. The van der Waals surface area contributed by atoms with E-state index >= 15 is 0 Å². The first kappa shape index (κ1) is 24.6. The molecule has 0 aliphatic rings. The van der Waals surface area contributed by atoms with Gasteiger partial charge >= 0.3 is 0 Å². The van der Waals surface area contributed by atoms with Crippen molar-refractivity contribution in [3.05, 3.63) is 64.4 Å². The van der Waals surface area contributed by atoms with Gasteiger partial charge in [0.1, 0.15) is 18.4 Å². The van der Waals surface area contributed by atoms with Crippen LogP contribution >= 0.6 is 11.6 Å². The van der Waals surface area contributed by atoms with E-state index in [0.717, 1.165) is 33.8 Å². The molecule has 0 heterocycles. The lowest BCUT2D eigenvalue weighted by Crippen LogP contribution is -2.50. The molecule has 0 spiro atoms. The molecule has 1 atom stereocenters. The molecule has 0 aromatic heterocycles. The molecule has 2 amide bonds. The fourth-order valence-electron chi connectivity index (χ4n) is 3.05. The van der Waals surface area contributed by atoms with Gasteiger partial charge in [0.2, 0.25) is 21.8 Å². The first-order chi connectivity index (χ1) is 14.4. The standard InChI is InChI=1S/C21H25ClFN3O4S/c1-14-6-5-7-16(10-14)12-25(15(2)21(28)24-3)20(27)13-26(31(4,29)30)17-8-9-19(23)18(22)11-17/h5-11,15H,12-13H2,1-4H3,(H,24,28). The third-order valence-electron chi connectivity index (χ3n) is 4.72. The number of nitrogens with zero attached hydrogens (tertiary/aromatic N) is 2. The molecule has 0 aliphatic carbocycles. The highest BCUT2D eigenvalue weighted by Gasteiger charge is 2.30. The molecule has 0 fully saturated rings. The minimum absolute atomic E-state index is 0.0466. The summed E-state index contributed by atoms with van der Waals surface area (Å²) in [7, 11) is -2.45. The SMILES string of the molecule is CNC(=O)C(C)N(Cc1cccc(C)c1)C(=O)CN(c1ccc(F)c(Cl)c1)S(C)(=O)=O. The third-order valence-corrected chi connectivity index (χ3v) is 6.15. The number of carbonyl (C=O) groups excluding carboxylic acids is 2. The van der Waals surface area contributed by atoms with Crippen LogP contribution in [0.3, 0.4) is 0 Å². The van der Waals surface area contributed by atoms with Gasteiger partial charge in [-0.1, -0.05) is 41.4 Å². The van der Waals surface area contributed by atoms with E-state index in [1.807, 2.05) is 31.2 Å². The van der Waals surface area contributed by atoms with Crippen molar-refractivity contribution in [1.29, 1.82) is 0 Å². The highest BCUT2D eigenvalue weighted by Crippen LogP contribution is 2.25. The fraction of sp³-hybridized carbons (Fsp3) is 0.333. The Bertz CT molecular complexity index is 1080. The first-order valence-electron chi connectivity index (χ1n) is 9.43. The Hall–Kier alpha value is -2.65. The van der Waals surface area contributed by atoms with Crippen LogP contribution in [-0.4, -0.2) is 51.0 Å². The maximum Gasteiger partial charge on any atom is 0.244 e. The summed E-state index contributed by atoms with van der Waals surface area (Å²) in [5, 5.41) is 2.23. The molecule has 0 bridgehead atoms. The molecule has 2 aromatic carbocycles. The Morgan fingerprint density at radius 1 is 1.19 bits per heavy atom. The third kappa shape index (κ3) is 6.41. The van der Waals surface area contributed by atoms with Crippen LogP contribution < -0.4 is 9.62 Å². The number of likely N-dealkylation sites (N-methyl/N-ethyl adjacent to an activating group) is 1. The summed E-state index contributed by atoms with van der Waals surface area (Å²) in [6, 6.07) is 9.97. The van der Waals surface area contributed by atoms with Crippen LogP contribution in [0.5, 0.6) is 0 Å². The van der Waals surface area contributed by atoms with Gasteiger partial charge < -0.3 is 10.2 Å². The van der Waals surface area contributed by atoms with Crippen molar-refractivity contribution in [2.45, 2.75) is 26.4 Å². The number of benzene rings is 2. The number of nitrogens with one attached hydrogen (secondary N) is 1. The second kappa shape index (κ2) is 10.1. The van der Waals surface area contributed by atoms with E-state index in [1.165, 1.54) is 18.0 Å². The van der Waals surface area contributed by atoms with Crippen LogP contribution in [0.25, 0.3) is 0 Å². The topological polar surface area (TPSA) is 86.8 Å². The van der Waals surface area contributed by atoms with Gasteiger partial charge in [-0.05, 0) is 37.6 Å². The van der Waals surface area contributed by atoms with Crippen molar-refractivity contribution >= 4 is 39.1 Å². The summed E-state index contributed by atoms with van der Waals surface area (Å²) >= 11 is 5.80. The van der Waals surface area contributed by atoms with Crippen molar-refractivity contribution in [2.75, 3.05) is 24.2 Å². The number of hydrogen-bond acceptors (Lipinski definition) is 4. The van der Waals surface area contributed by atoms with Crippen molar-refractivity contribution in [3.8, 4) is 0 Å². The van der Waals surface area contributed by atoms with Crippen LogP contribution in [0.15, 0.2) is 42.5 Å². The summed E-state index contributed by atoms with van der Waals surface area (Å²) in [5.74, 6) is -1.69. The molecule has 10 heteroatoms. The van der Waals surface area contributed by atoms with E-state index in [9.17, 15) is 22.4 Å². The maximum atomic E-state index is 13.5. The molecule has 0 radical (unpaired) electrons. The summed E-state index contributed by atoms with van der Waals surface area (Å²) in [4.78, 5) is 26.8. The van der Waals surface area contributed by atoms with Crippen LogP contribution in [0.1, 0.15) is 18.1 Å². The van der Waals surface area contributed by atoms with Gasteiger partial charge in [0.15, 0.2) is 0 Å². The van der Waals surface area contributed by atoms with E-state index in [-0.39, 0.29) is 17.3 Å². The Balaban J connectivity index is 2.40. The number of amides is 2. The predicted octanol–water partition coefficient (Wildman–Crippen LogP) is 2.72. The zero-order chi connectivity index (χ0) is 23.3. The van der Waals surface area contributed by atoms with Gasteiger partial charge in [0.05, 0.1) is 17.0 Å². The van der Waals surface area contributed by atoms with Crippen LogP contribution in [0, 0.1) is 12.7 Å². The number of hydrogen-bond donors (Lipinski definition) is 1. The van der Waals surface area contributed by atoms with Gasteiger partial charge in [0.25, 0.3) is 0 Å². The molecular formula is C21H25ClFN3O4S. The number of rotatable bonds is 8. The van der Waals surface area contributed by atoms with Gasteiger partial charge in [0, 0.05) is 13.6 Å². The lowest BCUT2D eigenvalue weighted by atomic mass is 10.1. The smallest absolute Gasteiger partial charge is 0.244 e. The molecule has 1 unspecified atom stereocenters. The highest BCUT2D eigenvalue weighted by atomic mass is 35.5. The Labute approximate surface area is 186 Å². The van der Waals surface area contributed by atoms with Crippen LogP contribution in [-0.2, 0) is 26.2 Å². The number of carbonyl (C=O) groups is 2. The summed E-state index contributed by atoms with van der Waals surface area (Å²) < 4.78 is 39.1. The largest absolute Gasteiger partial charge is 0.357 e. The van der Waals surface area contributed by atoms with Gasteiger partial charge in [-0.3, -0.25) is 13.9 Å². The van der Waals surface area contributed by atoms with Crippen LogP contribution in [0.4, 0.5) is 10.1 Å². The minimum Gasteiger partial charge on any atom is -0.357 e. The number of halogens is 2. The second-order valence-electron chi connectivity index (χ2n) is 7.17. The van der Waals surface area contributed by atoms with Gasteiger partial charge in [-0.15, -0.1) is 0 Å². The fourth-order valence-corrected chi connectivity index (χ4v) is 4.07. The maximum absolute atomic E-state index is 13.5. The number of sulfonamides is 1. The molecule has 2 aromatic rings. The summed E-state index contributed by atoms with van der Waals surface area (Å²) in [5.41, 5.74) is 1.82. The highest BCUT2D eigenvalue weighted by molar-refractivity contribution is 7.92. The molecule has 31 heavy (non-hydrogen) atoms. The molecule has 0 aliphatic heterocycles. The average molecular weight is 470 g/mol. The van der Waals surface area contributed by atoms with Gasteiger partial charge in [-0.2, -0.15) is 0 Å². The lowest BCUT2D eigenvalue weighted by Gasteiger charge is -2.31. The average Bonchev–Trinajstić information content (AvgIpc) is 2.70. The van der Waals surface area contributed by atoms with Crippen molar-refractivity contribution in [2.24, 2.45) is 0 Å². The minimum atomic E-state index is -3.90. The van der Waals surface area contributed by atoms with Crippen molar-refractivity contribution in [3.63, 3.8) is 0 Å². The lowest BCUT2D eigenvalue weighted by molar-refractivity contribution is -0.139. The molecule has 7 nitrogen and oxygen atoms in total. The predicted molar refractivity (Wildman–Crippen MR) is 119 cm³/mol. The molecular weight excluding hydrogens is 445 g/mol. The Kier molecular flexibility index (Phi) is 8.02. The van der Waals surface area contributed by atoms with E-state index in [1.54, 1.807) is 6.92 Å². The summed E-state index contributed by atoms with van der Waals surface area (Å²) in [6.45, 7) is 3.00. The molecule has 168 valence electrons. The molecule has 0 saturated carbocycles.